The molecular formula is C18H23N3O3. The summed E-state index contributed by atoms with van der Waals surface area (Å²) in [6.45, 7) is 0.897. The Kier molecular flexibility index (Phi) is 6.03. The molecule has 0 aliphatic rings. The molecule has 2 rings (SSSR count). The van der Waals surface area contributed by atoms with Crippen molar-refractivity contribution in [3.63, 3.8) is 0 Å². The molecule has 0 aromatic heterocycles. The lowest BCUT2D eigenvalue weighted by molar-refractivity contribution is -0.117. The van der Waals surface area contributed by atoms with Crippen LogP contribution in [0.2, 0.25) is 0 Å². The van der Waals surface area contributed by atoms with Crippen molar-refractivity contribution in [3.05, 3.63) is 48.0 Å². The summed E-state index contributed by atoms with van der Waals surface area (Å²) in [5.41, 5.74) is 8.06. The Balaban J connectivity index is 1.91. The van der Waals surface area contributed by atoms with Crippen molar-refractivity contribution < 1.29 is 14.3 Å². The van der Waals surface area contributed by atoms with E-state index in [2.05, 4.69) is 5.32 Å². The zero-order valence-corrected chi connectivity index (χ0v) is 14.2. The molecule has 6 nitrogen and oxygen atoms in total. The van der Waals surface area contributed by atoms with Crippen LogP contribution in [0, 0.1) is 0 Å². The fraction of sp³-hybridized carbons (Fsp3) is 0.278. The standard InChI is InChI=1S/C18H23N3O3/c1-21(11-13-4-9-16(23-2)17(10-13)24-3)12-18(22)20-15-7-5-14(19)6-8-15/h4-10H,11-12,19H2,1-3H3,(H,20,22). The van der Waals surface area contributed by atoms with Crippen molar-refractivity contribution in [3.8, 4) is 11.5 Å². The Bertz CT molecular complexity index is 686. The molecule has 0 saturated heterocycles. The van der Waals surface area contributed by atoms with Crippen LogP contribution in [0.5, 0.6) is 11.5 Å². The third-order valence-corrected chi connectivity index (χ3v) is 3.51. The number of likely N-dealkylation sites (N-methyl/N-ethyl adjacent to an activating group) is 1. The van der Waals surface area contributed by atoms with Gasteiger partial charge in [-0.15, -0.1) is 0 Å². The normalized spacial score (nSPS) is 10.5. The minimum absolute atomic E-state index is 0.0808. The van der Waals surface area contributed by atoms with Crippen molar-refractivity contribution >= 4 is 17.3 Å². The van der Waals surface area contributed by atoms with Crippen molar-refractivity contribution in [1.29, 1.82) is 0 Å². The van der Waals surface area contributed by atoms with E-state index < -0.39 is 0 Å². The Morgan fingerprint density at radius 2 is 1.75 bits per heavy atom. The van der Waals surface area contributed by atoms with Crippen LogP contribution in [0.3, 0.4) is 0 Å². The third-order valence-electron chi connectivity index (χ3n) is 3.51. The van der Waals surface area contributed by atoms with E-state index in [1.165, 1.54) is 0 Å². The number of hydrogen-bond donors (Lipinski definition) is 2. The maximum Gasteiger partial charge on any atom is 0.238 e. The highest BCUT2D eigenvalue weighted by Gasteiger charge is 2.10. The van der Waals surface area contributed by atoms with Gasteiger partial charge in [0.25, 0.3) is 0 Å². The van der Waals surface area contributed by atoms with E-state index in [1.807, 2.05) is 30.1 Å². The van der Waals surface area contributed by atoms with E-state index >= 15 is 0 Å². The summed E-state index contributed by atoms with van der Waals surface area (Å²) in [6, 6.07) is 12.8. The van der Waals surface area contributed by atoms with Crippen molar-refractivity contribution in [2.24, 2.45) is 0 Å². The van der Waals surface area contributed by atoms with E-state index in [1.54, 1.807) is 38.5 Å². The fourth-order valence-electron chi connectivity index (χ4n) is 2.36. The zero-order chi connectivity index (χ0) is 17.5. The first-order valence-corrected chi connectivity index (χ1v) is 7.56. The van der Waals surface area contributed by atoms with Gasteiger partial charge < -0.3 is 20.5 Å². The average Bonchev–Trinajstić information content (AvgIpc) is 2.56. The van der Waals surface area contributed by atoms with Crippen LogP contribution in [0.25, 0.3) is 0 Å². The Morgan fingerprint density at radius 3 is 2.38 bits per heavy atom. The number of hydrogen-bond acceptors (Lipinski definition) is 5. The number of amides is 1. The molecule has 6 heteroatoms. The molecule has 0 spiro atoms. The number of carbonyl (C=O) groups excluding carboxylic acids is 1. The predicted octanol–water partition coefficient (Wildman–Crippen LogP) is 2.36. The topological polar surface area (TPSA) is 76.8 Å². The molecular weight excluding hydrogens is 306 g/mol. The molecule has 0 heterocycles. The predicted molar refractivity (Wildman–Crippen MR) is 95.4 cm³/mol. The molecule has 1 amide bonds. The van der Waals surface area contributed by atoms with E-state index in [-0.39, 0.29) is 12.5 Å². The summed E-state index contributed by atoms with van der Waals surface area (Å²) in [7, 11) is 5.09. The summed E-state index contributed by atoms with van der Waals surface area (Å²) >= 11 is 0. The average molecular weight is 329 g/mol. The molecule has 0 aliphatic heterocycles. The lowest BCUT2D eigenvalue weighted by atomic mass is 10.2. The molecule has 0 radical (unpaired) electrons. The van der Waals surface area contributed by atoms with Gasteiger partial charge in [-0.3, -0.25) is 9.69 Å². The van der Waals surface area contributed by atoms with Crippen molar-refractivity contribution in [2.45, 2.75) is 6.54 Å². The van der Waals surface area contributed by atoms with Gasteiger partial charge in [0.05, 0.1) is 20.8 Å². The van der Waals surface area contributed by atoms with Gasteiger partial charge in [-0.05, 0) is 49.0 Å². The Hall–Kier alpha value is -2.73. The summed E-state index contributed by atoms with van der Waals surface area (Å²) in [5.74, 6) is 1.28. The van der Waals surface area contributed by atoms with Gasteiger partial charge in [0.2, 0.25) is 5.91 Å². The number of methoxy groups -OCH3 is 2. The Morgan fingerprint density at radius 1 is 1.08 bits per heavy atom. The number of nitrogens with zero attached hydrogens (tertiary/aromatic N) is 1. The fourth-order valence-corrected chi connectivity index (χ4v) is 2.36. The quantitative estimate of drug-likeness (QED) is 0.763. The van der Waals surface area contributed by atoms with Crippen LogP contribution in [0.4, 0.5) is 11.4 Å². The van der Waals surface area contributed by atoms with E-state index in [9.17, 15) is 4.79 Å². The number of rotatable bonds is 7. The van der Waals surface area contributed by atoms with Crippen LogP contribution in [-0.2, 0) is 11.3 Å². The largest absolute Gasteiger partial charge is 0.493 e. The number of ether oxygens (including phenoxy) is 2. The highest BCUT2D eigenvalue weighted by atomic mass is 16.5. The molecule has 0 bridgehead atoms. The zero-order valence-electron chi connectivity index (χ0n) is 14.2. The van der Waals surface area contributed by atoms with Gasteiger partial charge in [0.15, 0.2) is 11.5 Å². The number of nitrogen functional groups attached to an aromatic ring is 1. The molecule has 2 aromatic carbocycles. The van der Waals surface area contributed by atoms with Gasteiger partial charge in [0, 0.05) is 17.9 Å². The summed E-state index contributed by atoms with van der Waals surface area (Å²) in [6.07, 6.45) is 0. The van der Waals surface area contributed by atoms with E-state index in [0.29, 0.717) is 23.7 Å². The highest BCUT2D eigenvalue weighted by Crippen LogP contribution is 2.27. The number of nitrogens with two attached hydrogens (primary N) is 1. The second kappa shape index (κ2) is 8.21. The minimum Gasteiger partial charge on any atom is -0.493 e. The number of nitrogens with one attached hydrogen (secondary N) is 1. The van der Waals surface area contributed by atoms with Crippen molar-refractivity contribution in [1.82, 2.24) is 4.90 Å². The van der Waals surface area contributed by atoms with E-state index in [4.69, 9.17) is 15.2 Å². The summed E-state index contributed by atoms with van der Waals surface area (Å²) in [5, 5.41) is 2.85. The number of anilines is 2. The maximum absolute atomic E-state index is 12.1. The SMILES string of the molecule is COc1ccc(CN(C)CC(=O)Nc2ccc(N)cc2)cc1OC. The second-order valence-electron chi connectivity index (χ2n) is 5.53. The molecule has 0 aliphatic carbocycles. The second-order valence-corrected chi connectivity index (χ2v) is 5.53. The maximum atomic E-state index is 12.1. The monoisotopic (exact) mass is 329 g/mol. The van der Waals surface area contributed by atoms with E-state index in [0.717, 1.165) is 11.3 Å². The lowest BCUT2D eigenvalue weighted by Gasteiger charge is -2.17. The van der Waals surface area contributed by atoms with Gasteiger partial charge >= 0.3 is 0 Å². The van der Waals surface area contributed by atoms with Crippen LogP contribution < -0.4 is 20.5 Å². The number of carbonyl (C=O) groups is 1. The first-order chi connectivity index (χ1) is 11.5. The van der Waals surface area contributed by atoms with Crippen molar-refractivity contribution in [2.75, 3.05) is 38.9 Å². The molecule has 0 saturated carbocycles. The third kappa shape index (κ3) is 4.89. The van der Waals surface area contributed by atoms with Gasteiger partial charge in [-0.1, -0.05) is 6.07 Å². The minimum atomic E-state index is -0.0808. The summed E-state index contributed by atoms with van der Waals surface area (Å²) < 4.78 is 10.5. The molecule has 0 unspecified atom stereocenters. The smallest absolute Gasteiger partial charge is 0.238 e. The van der Waals surface area contributed by atoms with Crippen LogP contribution in [-0.4, -0.2) is 38.6 Å². The molecule has 0 atom stereocenters. The van der Waals surface area contributed by atoms with Crippen LogP contribution in [0.15, 0.2) is 42.5 Å². The number of benzene rings is 2. The summed E-state index contributed by atoms with van der Waals surface area (Å²) in [4.78, 5) is 14.0. The van der Waals surface area contributed by atoms with Crippen LogP contribution in [0.1, 0.15) is 5.56 Å². The Labute approximate surface area is 142 Å². The van der Waals surface area contributed by atoms with Gasteiger partial charge in [-0.2, -0.15) is 0 Å². The molecule has 2 aromatic rings. The highest BCUT2D eigenvalue weighted by molar-refractivity contribution is 5.92. The lowest BCUT2D eigenvalue weighted by Crippen LogP contribution is -2.29. The van der Waals surface area contributed by atoms with Crippen LogP contribution >= 0.6 is 0 Å². The van der Waals surface area contributed by atoms with Gasteiger partial charge in [0.1, 0.15) is 0 Å². The first-order valence-electron chi connectivity index (χ1n) is 7.56. The molecule has 24 heavy (non-hydrogen) atoms. The molecule has 3 N–H and O–H groups in total. The molecule has 0 fully saturated rings. The first kappa shape index (κ1) is 17.6. The molecule has 128 valence electrons. The van der Waals surface area contributed by atoms with Gasteiger partial charge in [-0.25, -0.2) is 0 Å².